The van der Waals surface area contributed by atoms with E-state index in [-0.39, 0.29) is 11.5 Å². The van der Waals surface area contributed by atoms with Crippen molar-refractivity contribution in [3.8, 4) is 22.8 Å². The number of cyclic esters (lactones) is 1. The lowest BCUT2D eigenvalue weighted by molar-refractivity contribution is 0.181. The Balaban J connectivity index is 1.56. The van der Waals surface area contributed by atoms with Crippen LogP contribution in [0.1, 0.15) is 5.56 Å². The van der Waals surface area contributed by atoms with Gasteiger partial charge >= 0.3 is 6.09 Å². The molecule has 0 saturated carbocycles. The Morgan fingerprint density at radius 3 is 2.55 bits per heavy atom. The van der Waals surface area contributed by atoms with Crippen molar-refractivity contribution in [1.29, 1.82) is 0 Å². The van der Waals surface area contributed by atoms with Crippen LogP contribution in [0.3, 0.4) is 0 Å². The molecule has 0 N–H and O–H groups in total. The minimum Gasteiger partial charge on any atom is -0.447 e. The van der Waals surface area contributed by atoms with E-state index in [1.54, 1.807) is 32.7 Å². The van der Waals surface area contributed by atoms with Gasteiger partial charge in [-0.1, -0.05) is 18.2 Å². The van der Waals surface area contributed by atoms with Gasteiger partial charge in [0.1, 0.15) is 6.61 Å². The first-order valence-corrected chi connectivity index (χ1v) is 9.87. The van der Waals surface area contributed by atoms with Gasteiger partial charge in [0, 0.05) is 18.0 Å². The SMILES string of the molecule is Cc1cc(N2CCOC2=O)ccc1-n1ccc(=O)c(-c2ccnn2-c2ccccc2)n1. The number of carbonyl (C=O) groups excluding carboxylic acids is 1. The van der Waals surface area contributed by atoms with Gasteiger partial charge < -0.3 is 4.74 Å². The zero-order valence-electron chi connectivity index (χ0n) is 16.8. The molecule has 0 radical (unpaired) electrons. The van der Waals surface area contributed by atoms with Crippen LogP contribution in [-0.2, 0) is 4.74 Å². The summed E-state index contributed by atoms with van der Waals surface area (Å²) in [5.41, 5.74) is 4.06. The summed E-state index contributed by atoms with van der Waals surface area (Å²) in [6, 6.07) is 18.5. The van der Waals surface area contributed by atoms with Gasteiger partial charge in [-0.2, -0.15) is 10.2 Å². The highest BCUT2D eigenvalue weighted by Gasteiger charge is 2.24. The number of ether oxygens (including phenoxy) is 1. The van der Waals surface area contributed by atoms with E-state index in [1.807, 2.05) is 55.5 Å². The number of hydrogen-bond acceptors (Lipinski definition) is 5. The van der Waals surface area contributed by atoms with E-state index in [9.17, 15) is 9.59 Å². The summed E-state index contributed by atoms with van der Waals surface area (Å²) in [5, 5.41) is 8.98. The molecular weight excluding hydrogens is 394 g/mol. The van der Waals surface area contributed by atoms with Crippen molar-refractivity contribution in [2.75, 3.05) is 18.1 Å². The summed E-state index contributed by atoms with van der Waals surface area (Å²) >= 11 is 0. The van der Waals surface area contributed by atoms with Crippen LogP contribution in [0.15, 0.2) is 77.9 Å². The molecule has 3 heterocycles. The fourth-order valence-electron chi connectivity index (χ4n) is 3.67. The number of nitrogens with zero attached hydrogens (tertiary/aromatic N) is 5. The zero-order valence-corrected chi connectivity index (χ0v) is 16.8. The van der Waals surface area contributed by atoms with E-state index < -0.39 is 0 Å². The van der Waals surface area contributed by atoms with Gasteiger partial charge in [0.05, 0.1) is 29.8 Å². The third-order valence-electron chi connectivity index (χ3n) is 5.19. The zero-order chi connectivity index (χ0) is 21.4. The van der Waals surface area contributed by atoms with Gasteiger partial charge in [0.2, 0.25) is 5.43 Å². The van der Waals surface area contributed by atoms with Gasteiger partial charge in [-0.15, -0.1) is 0 Å². The average Bonchev–Trinajstić information content (AvgIpc) is 3.44. The molecule has 1 fully saturated rings. The molecule has 1 aliphatic rings. The van der Waals surface area contributed by atoms with E-state index >= 15 is 0 Å². The Labute approximate surface area is 177 Å². The molecule has 8 nitrogen and oxygen atoms in total. The molecule has 0 unspecified atom stereocenters. The van der Waals surface area contributed by atoms with Crippen molar-refractivity contribution in [3.63, 3.8) is 0 Å². The molecule has 0 bridgehead atoms. The van der Waals surface area contributed by atoms with E-state index in [2.05, 4.69) is 10.2 Å². The van der Waals surface area contributed by atoms with Crippen molar-refractivity contribution in [2.24, 2.45) is 0 Å². The molecule has 0 atom stereocenters. The van der Waals surface area contributed by atoms with E-state index in [4.69, 9.17) is 4.74 Å². The summed E-state index contributed by atoms with van der Waals surface area (Å²) in [5.74, 6) is 0. The second kappa shape index (κ2) is 7.56. The minimum absolute atomic E-state index is 0.192. The Morgan fingerprint density at radius 1 is 0.968 bits per heavy atom. The molecule has 154 valence electrons. The second-order valence-electron chi connectivity index (χ2n) is 7.17. The maximum atomic E-state index is 12.7. The largest absolute Gasteiger partial charge is 0.447 e. The monoisotopic (exact) mass is 413 g/mol. The first-order valence-electron chi connectivity index (χ1n) is 9.87. The molecule has 2 aromatic carbocycles. The van der Waals surface area contributed by atoms with E-state index in [0.29, 0.717) is 24.5 Å². The molecule has 8 heteroatoms. The standard InChI is InChI=1S/C23H19N5O3/c1-16-15-18(26-13-14-31-23(26)30)7-8-19(16)27-12-10-21(29)22(25-27)20-9-11-24-28(20)17-5-3-2-4-6-17/h2-12,15H,13-14H2,1H3. The predicted molar refractivity (Wildman–Crippen MR) is 116 cm³/mol. The number of carbonyl (C=O) groups is 1. The predicted octanol–water partition coefficient (Wildman–Crippen LogP) is 3.35. The number of benzene rings is 2. The number of amides is 1. The molecule has 4 aromatic rings. The van der Waals surface area contributed by atoms with Crippen molar-refractivity contribution >= 4 is 11.8 Å². The van der Waals surface area contributed by atoms with Crippen LogP contribution >= 0.6 is 0 Å². The third kappa shape index (κ3) is 3.38. The topological polar surface area (TPSA) is 82.3 Å². The first kappa shape index (κ1) is 18.8. The summed E-state index contributed by atoms with van der Waals surface area (Å²) in [6.45, 7) is 2.86. The van der Waals surface area contributed by atoms with Gasteiger partial charge in [-0.05, 0) is 48.9 Å². The quantitative estimate of drug-likeness (QED) is 0.512. The van der Waals surface area contributed by atoms with E-state index in [1.165, 1.54) is 6.07 Å². The normalized spacial score (nSPS) is 13.5. The Morgan fingerprint density at radius 2 is 1.81 bits per heavy atom. The van der Waals surface area contributed by atoms with E-state index in [0.717, 1.165) is 22.6 Å². The molecule has 1 aliphatic heterocycles. The van der Waals surface area contributed by atoms with Crippen molar-refractivity contribution in [2.45, 2.75) is 6.92 Å². The number of aromatic nitrogens is 4. The van der Waals surface area contributed by atoms with Gasteiger partial charge in [0.25, 0.3) is 0 Å². The van der Waals surface area contributed by atoms with Crippen LogP contribution < -0.4 is 10.3 Å². The Bertz CT molecular complexity index is 1330. The summed E-state index contributed by atoms with van der Waals surface area (Å²) in [7, 11) is 0. The van der Waals surface area contributed by atoms with Crippen LogP contribution in [0.4, 0.5) is 10.5 Å². The molecule has 1 amide bonds. The highest BCUT2D eigenvalue weighted by Crippen LogP contribution is 2.24. The minimum atomic E-state index is -0.343. The summed E-state index contributed by atoms with van der Waals surface area (Å²) < 4.78 is 8.38. The van der Waals surface area contributed by atoms with Gasteiger partial charge in [0.15, 0.2) is 5.69 Å². The lowest BCUT2D eigenvalue weighted by Gasteiger charge is -2.16. The molecule has 2 aromatic heterocycles. The lowest BCUT2D eigenvalue weighted by Crippen LogP contribution is -2.23. The number of anilines is 1. The highest BCUT2D eigenvalue weighted by molar-refractivity contribution is 5.89. The Kier molecular flexibility index (Phi) is 4.59. The van der Waals surface area contributed by atoms with Gasteiger partial charge in [-0.25, -0.2) is 14.2 Å². The summed E-state index contributed by atoms with van der Waals surface area (Å²) in [4.78, 5) is 26.1. The molecule has 0 aliphatic carbocycles. The van der Waals surface area contributed by atoms with Crippen LogP contribution in [-0.4, -0.2) is 38.8 Å². The first-order chi connectivity index (χ1) is 15.1. The van der Waals surface area contributed by atoms with Crippen LogP contribution in [0.5, 0.6) is 0 Å². The Hall–Kier alpha value is -4.20. The molecular formula is C23H19N5O3. The number of hydrogen-bond donors (Lipinski definition) is 0. The van der Waals surface area contributed by atoms with Crippen LogP contribution in [0.25, 0.3) is 22.8 Å². The van der Waals surface area contributed by atoms with Crippen molar-refractivity contribution in [3.05, 3.63) is 88.8 Å². The fourth-order valence-corrected chi connectivity index (χ4v) is 3.67. The lowest BCUT2D eigenvalue weighted by atomic mass is 10.1. The maximum absolute atomic E-state index is 12.7. The average molecular weight is 413 g/mol. The number of para-hydroxylation sites is 1. The number of aryl methyl sites for hydroxylation is 1. The maximum Gasteiger partial charge on any atom is 0.414 e. The van der Waals surface area contributed by atoms with Crippen molar-refractivity contribution < 1.29 is 9.53 Å². The van der Waals surface area contributed by atoms with Crippen LogP contribution in [0.2, 0.25) is 0 Å². The molecule has 0 spiro atoms. The summed E-state index contributed by atoms with van der Waals surface area (Å²) in [6.07, 6.45) is 2.95. The second-order valence-corrected chi connectivity index (χ2v) is 7.17. The molecule has 31 heavy (non-hydrogen) atoms. The van der Waals surface area contributed by atoms with Crippen LogP contribution in [0, 0.1) is 6.92 Å². The molecule has 5 rings (SSSR count). The van der Waals surface area contributed by atoms with Gasteiger partial charge in [-0.3, -0.25) is 9.69 Å². The fraction of sp³-hybridized carbons (Fsp3) is 0.130. The smallest absolute Gasteiger partial charge is 0.414 e. The van der Waals surface area contributed by atoms with Crippen molar-refractivity contribution in [1.82, 2.24) is 19.6 Å². The highest BCUT2D eigenvalue weighted by atomic mass is 16.6. The number of rotatable bonds is 4. The third-order valence-corrected chi connectivity index (χ3v) is 5.19. The molecule has 1 saturated heterocycles.